The van der Waals surface area contributed by atoms with Crippen molar-refractivity contribution in [3.05, 3.63) is 107 Å². The number of carbonyl (C=O) groups is 7. The van der Waals surface area contributed by atoms with Gasteiger partial charge >= 0.3 is 12.1 Å². The number of likely N-dealkylation sites (tertiary alicyclic amines) is 1. The summed E-state index contributed by atoms with van der Waals surface area (Å²) in [4.78, 5) is 116. The van der Waals surface area contributed by atoms with E-state index < -0.39 is 108 Å². The molecule has 5 aromatic rings. The Morgan fingerprint density at radius 3 is 2.13 bits per heavy atom. The van der Waals surface area contributed by atoms with Crippen LogP contribution in [0.3, 0.4) is 0 Å². The van der Waals surface area contributed by atoms with Crippen LogP contribution in [0.25, 0.3) is 33.4 Å². The second-order valence-electron chi connectivity index (χ2n) is 36.0. The van der Waals surface area contributed by atoms with Gasteiger partial charge in [-0.25, -0.2) is 24.2 Å². The van der Waals surface area contributed by atoms with E-state index in [9.17, 15) is 48.9 Å². The van der Waals surface area contributed by atoms with E-state index in [1.807, 2.05) is 84.7 Å². The minimum Gasteiger partial charge on any atom is -0.460 e. The zero-order valence-electron chi connectivity index (χ0n) is 77.9. The molecular weight excluding hydrogens is 1690 g/mol. The molecule has 2 bridgehead atoms. The summed E-state index contributed by atoms with van der Waals surface area (Å²) < 4.78 is 77.6. The van der Waals surface area contributed by atoms with Crippen LogP contribution in [0, 0.1) is 35.5 Å². The number of anilines is 2. The lowest BCUT2D eigenvalue weighted by Gasteiger charge is -2.43. The van der Waals surface area contributed by atoms with E-state index in [0.29, 0.717) is 228 Å². The number of esters is 1. The molecule has 1 aliphatic carbocycles. The number of hydrogen-bond donors (Lipinski definition) is 7. The number of fused-ring (bicyclic) bond motifs is 6. The Hall–Kier alpha value is -9.05. The minimum absolute atomic E-state index is 0.000695. The van der Waals surface area contributed by atoms with Crippen LogP contribution in [0.1, 0.15) is 161 Å². The first kappa shape index (κ1) is 102. The molecule has 8 heterocycles. The number of methoxy groups -OCH3 is 3. The molecule has 9 N–H and O–H groups in total. The van der Waals surface area contributed by atoms with Crippen molar-refractivity contribution in [2.75, 3.05) is 151 Å². The van der Waals surface area contributed by atoms with Crippen molar-refractivity contribution in [2.45, 2.75) is 231 Å². The third kappa shape index (κ3) is 29.2. The predicted molar refractivity (Wildman–Crippen MR) is 487 cm³/mol. The topological polar surface area (TPSA) is 446 Å². The number of ketones is 2. The number of aromatic nitrogens is 5. The molecule has 0 radical (unpaired) electrons. The van der Waals surface area contributed by atoms with Crippen molar-refractivity contribution in [3.63, 3.8) is 0 Å². The van der Waals surface area contributed by atoms with E-state index in [4.69, 9.17) is 77.8 Å². The van der Waals surface area contributed by atoms with Crippen molar-refractivity contribution in [2.24, 2.45) is 35.5 Å². The fourth-order valence-electron chi connectivity index (χ4n) is 18.5. The number of nitrogen functional groups attached to an aromatic ring is 2. The first-order valence-electron chi connectivity index (χ1n) is 46.7. The third-order valence-corrected chi connectivity index (χ3v) is 26.3. The summed E-state index contributed by atoms with van der Waals surface area (Å²) in [6.07, 6.45) is 12.6. The summed E-state index contributed by atoms with van der Waals surface area (Å²) in [5, 5.41) is 47.5. The number of hydrogen-bond acceptors (Lipinski definition) is 30. The third-order valence-electron chi connectivity index (χ3n) is 26.3. The molecular formula is C96H140N12O23. The van der Waals surface area contributed by atoms with E-state index in [2.05, 4.69) is 43.8 Å². The smallest absolute Gasteiger partial charge is 0.407 e. The van der Waals surface area contributed by atoms with Gasteiger partial charge in [-0.3, -0.25) is 28.9 Å². The van der Waals surface area contributed by atoms with Gasteiger partial charge in [0.25, 0.3) is 17.7 Å². The van der Waals surface area contributed by atoms with E-state index in [-0.39, 0.29) is 80.3 Å². The van der Waals surface area contributed by atoms with E-state index in [1.165, 1.54) is 23.9 Å². The van der Waals surface area contributed by atoms with Gasteiger partial charge in [0.05, 0.1) is 129 Å². The van der Waals surface area contributed by atoms with Gasteiger partial charge in [-0.2, -0.15) is 10.1 Å². The Kier molecular flexibility index (Phi) is 39.8. The van der Waals surface area contributed by atoms with Crippen LogP contribution >= 0.6 is 0 Å². The average Bonchev–Trinajstić information content (AvgIpc) is 1.48. The summed E-state index contributed by atoms with van der Waals surface area (Å²) in [5.41, 5.74) is 20.0. The van der Waals surface area contributed by atoms with Gasteiger partial charge in [0.2, 0.25) is 17.6 Å². The van der Waals surface area contributed by atoms with Gasteiger partial charge in [-0.05, 0) is 161 Å². The van der Waals surface area contributed by atoms with Crippen LogP contribution in [0.4, 0.5) is 16.6 Å². The largest absolute Gasteiger partial charge is 0.460 e. The van der Waals surface area contributed by atoms with Gasteiger partial charge in [-0.1, -0.05) is 89.3 Å². The Morgan fingerprint density at radius 1 is 0.718 bits per heavy atom. The average molecular weight is 1830 g/mol. The number of alkyl carbamates (subject to hydrolysis) is 1. The van der Waals surface area contributed by atoms with Crippen LogP contribution in [0.15, 0.2) is 94.7 Å². The maximum Gasteiger partial charge on any atom is 0.407 e. The zero-order chi connectivity index (χ0) is 93.7. The number of benzene rings is 2. The minimum atomic E-state index is -2.48. The fourth-order valence-corrected chi connectivity index (χ4v) is 18.5. The summed E-state index contributed by atoms with van der Waals surface area (Å²) in [6, 6.07) is 10.6. The number of ether oxygens (including phenoxy) is 12. The standard InChI is InChI=1S/C96H140N12O23/c1-60-16-12-11-13-17-61(2)79(119-8)54-73-24-19-66(7)96(118,131-73)89(114)92(115)107-32-15-14-18-75(107)93(116)128-80(55-76(109)62(3)49-65(6)87(113)88(121-10)86(112)64(5)48-60)63(4)50-67-21-25-78(81(52-67)120-9)130-95(117)102-72-28-33-105(34-29-72)58-82(110)99-31-37-123-39-41-125-43-45-127-47-46-126-44-42-124-40-38-122-36-30-83(111)106-35-27-69-51-68(20-22-71(69)57-106)56-108-91-84(90(97)100-59-101-91)85(104-108)70-23-26-77-74(53-70)103-94(98)129-77/h11-13,16-17,20,22-23,26,49,51,53,59-60,62-64,66-67,72-73,75-76,78-81,87-88,109,113,118H,14-15,18-19,21,24-25,27-48,50,52,54-58H2,1-10H3,(H2,98,103)(H,99,110)(H,102,117)(H2,97,100,101)/b13-11+,16-12+,61-17+,65-49+/t60-,62-,63-,64-,66-,67+,73+,75+,76-,78-,79+,80+,81-,87-,88+,96-/m1/s1. The van der Waals surface area contributed by atoms with E-state index >= 15 is 0 Å². The van der Waals surface area contributed by atoms with Gasteiger partial charge in [0.1, 0.15) is 53.8 Å². The highest BCUT2D eigenvalue weighted by Crippen LogP contribution is 2.40. The molecule has 11 rings (SSSR count). The lowest BCUT2D eigenvalue weighted by Crippen LogP contribution is -2.61. The molecule has 6 aliphatic rings. The predicted octanol–water partition coefficient (Wildman–Crippen LogP) is 8.52. The summed E-state index contributed by atoms with van der Waals surface area (Å²) >= 11 is 0. The zero-order valence-corrected chi connectivity index (χ0v) is 77.9. The van der Waals surface area contributed by atoms with Crippen molar-refractivity contribution in [1.82, 2.24) is 50.1 Å². The van der Waals surface area contributed by atoms with Crippen LogP contribution in [0.2, 0.25) is 0 Å². The van der Waals surface area contributed by atoms with Crippen LogP contribution in [-0.2, 0) is 105 Å². The number of rotatable bonds is 34. The molecule has 131 heavy (non-hydrogen) atoms. The molecule has 35 nitrogen and oxygen atoms in total. The Morgan fingerprint density at radius 2 is 1.43 bits per heavy atom. The highest BCUT2D eigenvalue weighted by Gasteiger charge is 2.53. The van der Waals surface area contributed by atoms with Crippen LogP contribution < -0.4 is 22.1 Å². The molecule has 722 valence electrons. The molecule has 0 unspecified atom stereocenters. The number of nitrogens with two attached hydrogens (primary N) is 2. The number of aliphatic hydroxyl groups is 3. The molecule has 1 saturated carbocycles. The Bertz CT molecular complexity index is 4680. The molecule has 4 fully saturated rings. The van der Waals surface area contributed by atoms with Gasteiger partial charge in [0, 0.05) is 103 Å². The van der Waals surface area contributed by atoms with Crippen molar-refractivity contribution in [3.8, 4) is 11.3 Å². The molecule has 3 aromatic heterocycles. The van der Waals surface area contributed by atoms with Crippen LogP contribution in [0.5, 0.6) is 0 Å². The number of Topliss-reactive ketones (excluding diaryl/α,β-unsaturated/α-hetero) is 2. The number of nitrogens with one attached hydrogen (secondary N) is 2. The SMILES string of the molecule is CO[C@H]1C[C@@H]2CC[C@@H](C)[C@@](O)(O2)C(=O)C(=O)N2CCCC[C@H]2C(=O)O[C@H]([C@H](C)C[C@@H]2CC[C@@H](OC(=O)NC3CCN(CC(=O)NCCOCCOCCOCCOCCOCCOCCC(=O)N4CCc5cc(Cn6nc(-c7ccc8oc(N)nc8c7)c7c(N)ncnc76)ccc5C4)CC3)[C@H](OC)C2)C[C@@H](O)[C@H](C)/C=C(\C)[C@@H](O)[C@@H](OC)C(=O)[C@H](C)C[C@H](C)/C=C/C=C/C=C/1C. The number of amides is 4. The Balaban J connectivity index is 0.526. The first-order chi connectivity index (χ1) is 63.1. The monoisotopic (exact) mass is 1830 g/mol. The van der Waals surface area contributed by atoms with E-state index in [1.54, 1.807) is 47.1 Å². The highest BCUT2D eigenvalue weighted by atomic mass is 16.6. The second kappa shape index (κ2) is 50.9. The van der Waals surface area contributed by atoms with Crippen molar-refractivity contribution < 1.29 is 110 Å². The molecule has 5 aliphatic heterocycles. The Labute approximate surface area is 768 Å². The summed E-state index contributed by atoms with van der Waals surface area (Å²) in [6.45, 7) is 20.6. The second-order valence-corrected chi connectivity index (χ2v) is 36.0. The lowest BCUT2D eigenvalue weighted by molar-refractivity contribution is -0.265. The number of aliphatic hydroxyl groups excluding tert-OH is 2. The molecule has 0 spiro atoms. The number of cyclic esters (lactones) is 1. The number of nitrogens with zero attached hydrogens (tertiary/aromatic N) is 8. The number of oxazole rings is 1. The number of piperidine rings is 2. The normalized spacial score (nSPS) is 28.0. The van der Waals surface area contributed by atoms with Gasteiger partial charge in [-0.15, -0.1) is 0 Å². The molecule has 35 heteroatoms. The summed E-state index contributed by atoms with van der Waals surface area (Å²) in [7, 11) is 4.53. The molecule has 2 aromatic carbocycles. The number of allylic oxidation sites excluding steroid dienone is 5. The van der Waals surface area contributed by atoms with Crippen molar-refractivity contribution in [1.29, 1.82) is 0 Å². The highest BCUT2D eigenvalue weighted by molar-refractivity contribution is 6.39. The maximum absolute atomic E-state index is 14.8. The van der Waals surface area contributed by atoms with Crippen molar-refractivity contribution >= 4 is 75.3 Å². The first-order valence-corrected chi connectivity index (χ1v) is 46.7. The van der Waals surface area contributed by atoms with Gasteiger partial charge in [0.15, 0.2) is 17.0 Å². The van der Waals surface area contributed by atoms with Crippen LogP contribution in [-0.4, -0.2) is 303 Å². The quantitative estimate of drug-likeness (QED) is 0.00877. The molecule has 16 atom stereocenters. The number of carbonyl (C=O) groups excluding carboxylic acids is 7. The fraction of sp³-hybridized carbons (Fsp3) is 0.656. The molecule has 3 saturated heterocycles. The van der Waals surface area contributed by atoms with Gasteiger partial charge < -0.3 is 108 Å². The lowest BCUT2D eigenvalue weighted by atomic mass is 9.78. The summed E-state index contributed by atoms with van der Waals surface area (Å²) in [5.74, 6) is -7.72. The maximum atomic E-state index is 14.8. The van der Waals surface area contributed by atoms with E-state index in [0.717, 1.165) is 28.7 Å². The molecule has 4 amide bonds.